The first kappa shape index (κ1) is 14.5. The molecule has 1 atom stereocenters. The highest BCUT2D eigenvalue weighted by Crippen LogP contribution is 2.09. The molecule has 0 aliphatic rings. The molecule has 0 radical (unpaired) electrons. The Labute approximate surface area is 107 Å². The molecule has 6 nitrogen and oxygen atoms in total. The lowest BCUT2D eigenvalue weighted by atomic mass is 10.2. The van der Waals surface area contributed by atoms with Crippen LogP contribution in [0.4, 0.5) is 10.6 Å². The summed E-state index contributed by atoms with van der Waals surface area (Å²) < 4.78 is 1.64. The largest absolute Gasteiger partial charge is 0.396 e. The maximum absolute atomic E-state index is 11.8. The van der Waals surface area contributed by atoms with Crippen molar-refractivity contribution in [3.63, 3.8) is 0 Å². The number of aliphatic hydroxyl groups is 1. The number of aromatic nitrogens is 2. The van der Waals surface area contributed by atoms with Crippen LogP contribution in [0.25, 0.3) is 0 Å². The smallest absolute Gasteiger partial charge is 0.320 e. The normalized spacial score (nSPS) is 12.2. The average Bonchev–Trinajstić information content (AvgIpc) is 2.69. The van der Waals surface area contributed by atoms with E-state index in [1.807, 2.05) is 19.9 Å². The van der Waals surface area contributed by atoms with Crippen LogP contribution >= 0.6 is 0 Å². The van der Waals surface area contributed by atoms with Crippen LogP contribution in [0.5, 0.6) is 0 Å². The summed E-state index contributed by atoms with van der Waals surface area (Å²) in [5, 5.41) is 18.7. The van der Waals surface area contributed by atoms with Crippen molar-refractivity contribution in [2.45, 2.75) is 39.2 Å². The Balaban J connectivity index is 2.55. The fourth-order valence-electron chi connectivity index (χ4n) is 1.69. The SMILES string of the molecule is CCc1cc(NC(=O)NC(CC)CCO)n(C)n1. The van der Waals surface area contributed by atoms with Crippen molar-refractivity contribution in [3.05, 3.63) is 11.8 Å². The van der Waals surface area contributed by atoms with Gasteiger partial charge in [-0.15, -0.1) is 0 Å². The van der Waals surface area contributed by atoms with Gasteiger partial charge in [0.25, 0.3) is 0 Å². The number of anilines is 1. The van der Waals surface area contributed by atoms with E-state index in [-0.39, 0.29) is 18.7 Å². The molecule has 3 N–H and O–H groups in total. The Hall–Kier alpha value is -1.56. The third kappa shape index (κ3) is 4.03. The van der Waals surface area contributed by atoms with E-state index in [1.165, 1.54) is 0 Å². The number of nitrogens with one attached hydrogen (secondary N) is 2. The van der Waals surface area contributed by atoms with Gasteiger partial charge in [0, 0.05) is 25.8 Å². The van der Waals surface area contributed by atoms with E-state index in [4.69, 9.17) is 5.11 Å². The van der Waals surface area contributed by atoms with Crippen LogP contribution in [-0.4, -0.2) is 33.6 Å². The zero-order chi connectivity index (χ0) is 13.5. The van der Waals surface area contributed by atoms with E-state index < -0.39 is 0 Å². The van der Waals surface area contributed by atoms with E-state index in [1.54, 1.807) is 11.7 Å². The van der Waals surface area contributed by atoms with Gasteiger partial charge in [0.05, 0.1) is 5.69 Å². The number of rotatable bonds is 6. The van der Waals surface area contributed by atoms with Crippen molar-refractivity contribution in [1.82, 2.24) is 15.1 Å². The Bertz CT molecular complexity index is 389. The van der Waals surface area contributed by atoms with Crippen molar-refractivity contribution in [2.75, 3.05) is 11.9 Å². The highest BCUT2D eigenvalue weighted by Gasteiger charge is 2.12. The van der Waals surface area contributed by atoms with Gasteiger partial charge in [-0.1, -0.05) is 13.8 Å². The maximum atomic E-state index is 11.8. The molecule has 102 valence electrons. The van der Waals surface area contributed by atoms with Crippen LogP contribution in [0, 0.1) is 0 Å². The van der Waals surface area contributed by atoms with Gasteiger partial charge in [-0.2, -0.15) is 5.10 Å². The Morgan fingerprint density at radius 2 is 2.28 bits per heavy atom. The van der Waals surface area contributed by atoms with E-state index in [0.29, 0.717) is 12.2 Å². The zero-order valence-corrected chi connectivity index (χ0v) is 11.2. The lowest BCUT2D eigenvalue weighted by molar-refractivity contribution is 0.237. The highest BCUT2D eigenvalue weighted by molar-refractivity contribution is 5.88. The maximum Gasteiger partial charge on any atom is 0.320 e. The minimum absolute atomic E-state index is 0.00567. The second-order valence-corrected chi connectivity index (χ2v) is 4.21. The van der Waals surface area contributed by atoms with E-state index in [2.05, 4.69) is 15.7 Å². The van der Waals surface area contributed by atoms with Crippen molar-refractivity contribution in [3.8, 4) is 0 Å². The lowest BCUT2D eigenvalue weighted by Crippen LogP contribution is -2.38. The number of nitrogens with zero attached hydrogens (tertiary/aromatic N) is 2. The van der Waals surface area contributed by atoms with Crippen LogP contribution in [-0.2, 0) is 13.5 Å². The van der Waals surface area contributed by atoms with Crippen LogP contribution in [0.1, 0.15) is 32.4 Å². The first-order valence-electron chi connectivity index (χ1n) is 6.32. The lowest BCUT2D eigenvalue weighted by Gasteiger charge is -2.16. The summed E-state index contributed by atoms with van der Waals surface area (Å²) in [4.78, 5) is 11.8. The zero-order valence-electron chi connectivity index (χ0n) is 11.2. The molecule has 6 heteroatoms. The van der Waals surface area contributed by atoms with Crippen LogP contribution in [0.15, 0.2) is 6.07 Å². The Kier molecular flexibility index (Phi) is 5.64. The molecule has 1 rings (SSSR count). The van der Waals surface area contributed by atoms with E-state index in [9.17, 15) is 4.79 Å². The van der Waals surface area contributed by atoms with Crippen molar-refractivity contribution in [2.24, 2.45) is 7.05 Å². The topological polar surface area (TPSA) is 79.2 Å². The van der Waals surface area contributed by atoms with Crippen molar-refractivity contribution >= 4 is 11.8 Å². The van der Waals surface area contributed by atoms with Gasteiger partial charge in [-0.3, -0.25) is 10.00 Å². The summed E-state index contributed by atoms with van der Waals surface area (Å²) in [6, 6.07) is 1.59. The predicted octanol–water partition coefficient (Wildman–Crippen LogP) is 1.27. The number of aryl methyl sites for hydroxylation is 2. The molecule has 1 heterocycles. The van der Waals surface area contributed by atoms with Gasteiger partial charge in [-0.05, 0) is 19.3 Å². The molecule has 0 bridgehead atoms. The van der Waals surface area contributed by atoms with Gasteiger partial charge in [-0.25, -0.2) is 4.79 Å². The fourth-order valence-corrected chi connectivity index (χ4v) is 1.69. The van der Waals surface area contributed by atoms with Gasteiger partial charge < -0.3 is 10.4 Å². The summed E-state index contributed by atoms with van der Waals surface area (Å²) in [6.45, 7) is 4.06. The molecule has 1 aromatic rings. The van der Waals surface area contributed by atoms with E-state index in [0.717, 1.165) is 18.5 Å². The number of carbonyl (C=O) groups excluding carboxylic acids is 1. The standard InChI is InChI=1S/C12H22N4O2/c1-4-9(6-7-17)13-12(18)14-11-8-10(5-2)15-16(11)3/h8-9,17H,4-7H2,1-3H3,(H2,13,14,18). The second-order valence-electron chi connectivity index (χ2n) is 4.21. The third-order valence-corrected chi connectivity index (χ3v) is 2.84. The number of hydrogen-bond donors (Lipinski definition) is 3. The number of hydrogen-bond acceptors (Lipinski definition) is 3. The number of urea groups is 1. The molecule has 0 saturated carbocycles. The van der Waals surface area contributed by atoms with Gasteiger partial charge in [0.1, 0.15) is 5.82 Å². The highest BCUT2D eigenvalue weighted by atomic mass is 16.3. The first-order valence-corrected chi connectivity index (χ1v) is 6.32. The average molecular weight is 254 g/mol. The monoisotopic (exact) mass is 254 g/mol. The summed E-state index contributed by atoms with van der Waals surface area (Å²) in [5.74, 6) is 0.670. The molecule has 0 aliphatic heterocycles. The second kappa shape index (κ2) is 7.00. The Morgan fingerprint density at radius 3 is 2.78 bits per heavy atom. The van der Waals surface area contributed by atoms with Crippen molar-refractivity contribution < 1.29 is 9.90 Å². The first-order chi connectivity index (χ1) is 8.60. The molecule has 0 saturated heterocycles. The predicted molar refractivity (Wildman–Crippen MR) is 70.5 cm³/mol. The van der Waals surface area contributed by atoms with Crippen molar-refractivity contribution in [1.29, 1.82) is 0 Å². The summed E-state index contributed by atoms with van der Waals surface area (Å²) in [7, 11) is 1.79. The minimum atomic E-state index is -0.263. The van der Waals surface area contributed by atoms with Gasteiger partial charge in [0.15, 0.2) is 0 Å². The fraction of sp³-hybridized carbons (Fsp3) is 0.667. The van der Waals surface area contributed by atoms with Gasteiger partial charge in [0.2, 0.25) is 0 Å². The molecule has 18 heavy (non-hydrogen) atoms. The van der Waals surface area contributed by atoms with E-state index >= 15 is 0 Å². The van der Waals surface area contributed by atoms with Crippen LogP contribution in [0.2, 0.25) is 0 Å². The molecular formula is C12H22N4O2. The number of aliphatic hydroxyl groups excluding tert-OH is 1. The van der Waals surface area contributed by atoms with Gasteiger partial charge >= 0.3 is 6.03 Å². The summed E-state index contributed by atoms with van der Waals surface area (Å²) in [5.41, 5.74) is 0.940. The van der Waals surface area contributed by atoms with Crippen LogP contribution in [0.3, 0.4) is 0 Å². The molecule has 0 aromatic carbocycles. The Morgan fingerprint density at radius 1 is 1.56 bits per heavy atom. The number of carbonyl (C=O) groups is 1. The third-order valence-electron chi connectivity index (χ3n) is 2.84. The molecule has 1 aromatic heterocycles. The molecule has 2 amide bonds. The molecule has 0 aliphatic carbocycles. The number of amides is 2. The quantitative estimate of drug-likeness (QED) is 0.715. The molecule has 0 spiro atoms. The summed E-state index contributed by atoms with van der Waals surface area (Å²) >= 11 is 0. The minimum Gasteiger partial charge on any atom is -0.396 e. The summed E-state index contributed by atoms with van der Waals surface area (Å²) in [6.07, 6.45) is 2.19. The van der Waals surface area contributed by atoms with Crippen LogP contribution < -0.4 is 10.6 Å². The molecular weight excluding hydrogens is 232 g/mol. The molecule has 1 unspecified atom stereocenters. The molecule has 0 fully saturated rings.